The molecular weight excluding hydrogens is 330 g/mol. The van der Waals surface area contributed by atoms with Crippen molar-refractivity contribution in [2.24, 2.45) is 11.5 Å². The van der Waals surface area contributed by atoms with E-state index in [1.807, 2.05) is 36.4 Å². The highest BCUT2D eigenvalue weighted by Gasteiger charge is 2.07. The number of hydrogen-bond donors (Lipinski definition) is 3. The van der Waals surface area contributed by atoms with Crippen molar-refractivity contribution in [3.05, 3.63) is 53.6 Å². The van der Waals surface area contributed by atoms with Crippen molar-refractivity contribution >= 4 is 11.6 Å². The van der Waals surface area contributed by atoms with E-state index < -0.39 is 0 Å². The molecule has 26 heavy (non-hydrogen) atoms. The minimum atomic E-state index is -0.357. The molecule has 6 nitrogen and oxygen atoms in total. The number of carbonyl (C=O) groups is 1. The van der Waals surface area contributed by atoms with Crippen molar-refractivity contribution in [3.63, 3.8) is 0 Å². The molecule has 0 aliphatic rings. The van der Waals surface area contributed by atoms with Gasteiger partial charge in [0.05, 0.1) is 19.2 Å². The summed E-state index contributed by atoms with van der Waals surface area (Å²) in [6.45, 7) is 1.65. The van der Waals surface area contributed by atoms with E-state index in [1.165, 1.54) is 5.56 Å². The number of nitrogens with one attached hydrogen (secondary N) is 1. The first-order valence-corrected chi connectivity index (χ1v) is 8.73. The maximum Gasteiger partial charge on any atom is 0.221 e. The normalized spacial score (nSPS) is 10.4. The van der Waals surface area contributed by atoms with Crippen LogP contribution in [0.3, 0.4) is 0 Å². The van der Waals surface area contributed by atoms with Crippen LogP contribution in [0.5, 0.6) is 11.5 Å². The number of hydrogen-bond acceptors (Lipinski definition) is 5. The molecule has 0 aromatic heterocycles. The van der Waals surface area contributed by atoms with Crippen LogP contribution in [0.1, 0.15) is 17.5 Å². The summed E-state index contributed by atoms with van der Waals surface area (Å²) in [4.78, 5) is 11.2. The van der Waals surface area contributed by atoms with Crippen LogP contribution < -0.4 is 26.3 Å². The predicted molar refractivity (Wildman–Crippen MR) is 104 cm³/mol. The van der Waals surface area contributed by atoms with Gasteiger partial charge in [0, 0.05) is 13.1 Å². The Bertz CT molecular complexity index is 719. The van der Waals surface area contributed by atoms with Gasteiger partial charge in [-0.2, -0.15) is 0 Å². The van der Waals surface area contributed by atoms with Gasteiger partial charge in [-0.15, -0.1) is 0 Å². The van der Waals surface area contributed by atoms with Crippen LogP contribution in [0.15, 0.2) is 42.5 Å². The molecule has 0 aliphatic heterocycles. The Balaban J connectivity index is 1.95. The molecule has 0 aliphatic carbocycles. The molecule has 140 valence electrons. The second-order valence-corrected chi connectivity index (χ2v) is 5.99. The topological polar surface area (TPSA) is 99.6 Å². The number of ether oxygens (including phenoxy) is 2. The molecule has 0 fully saturated rings. The largest absolute Gasteiger partial charge is 0.497 e. The minimum absolute atomic E-state index is 0.204. The summed E-state index contributed by atoms with van der Waals surface area (Å²) in [5.74, 6) is 1.24. The molecule has 2 aromatic rings. The summed E-state index contributed by atoms with van der Waals surface area (Å²) in [6, 6.07) is 13.7. The van der Waals surface area contributed by atoms with Gasteiger partial charge >= 0.3 is 0 Å². The third-order valence-electron chi connectivity index (χ3n) is 3.89. The molecule has 2 rings (SSSR count). The molecule has 1 amide bonds. The van der Waals surface area contributed by atoms with E-state index in [0.29, 0.717) is 13.2 Å². The molecule has 0 bridgehead atoms. The van der Waals surface area contributed by atoms with E-state index in [0.717, 1.165) is 42.1 Å². The Labute approximate surface area is 154 Å². The van der Waals surface area contributed by atoms with E-state index in [1.54, 1.807) is 7.11 Å². The number of benzene rings is 2. The summed E-state index contributed by atoms with van der Waals surface area (Å²) in [5, 5.41) is 3.39. The maximum absolute atomic E-state index is 11.2. The van der Waals surface area contributed by atoms with E-state index in [9.17, 15) is 4.79 Å². The Morgan fingerprint density at radius 1 is 1.15 bits per heavy atom. The Kier molecular flexibility index (Phi) is 7.76. The zero-order chi connectivity index (χ0) is 18.8. The van der Waals surface area contributed by atoms with Gasteiger partial charge in [-0.3, -0.25) is 4.79 Å². The standard InChI is InChI=1S/C20H27N3O3/c1-25-17-6-2-4-15(12-17)5-3-10-23-18-13-16(14-20(22)24)7-8-19(18)26-11-9-21/h2,4,6-8,12-13,23H,3,5,9-11,14,21H2,1H3,(H2,22,24). The van der Waals surface area contributed by atoms with Crippen LogP contribution in [0.2, 0.25) is 0 Å². The van der Waals surface area contributed by atoms with Gasteiger partial charge in [0.2, 0.25) is 5.91 Å². The number of primary amides is 1. The zero-order valence-electron chi connectivity index (χ0n) is 15.2. The molecular formula is C20H27N3O3. The summed E-state index contributed by atoms with van der Waals surface area (Å²) in [6.07, 6.45) is 2.09. The summed E-state index contributed by atoms with van der Waals surface area (Å²) >= 11 is 0. The molecule has 0 radical (unpaired) electrons. The number of anilines is 1. The highest BCUT2D eigenvalue weighted by Crippen LogP contribution is 2.26. The molecule has 0 saturated heterocycles. The summed E-state index contributed by atoms with van der Waals surface area (Å²) in [5.41, 5.74) is 13.7. The molecule has 0 spiro atoms. The van der Waals surface area contributed by atoms with Crippen molar-refractivity contribution in [2.45, 2.75) is 19.3 Å². The number of methoxy groups -OCH3 is 1. The van der Waals surface area contributed by atoms with Crippen LogP contribution in [0.4, 0.5) is 5.69 Å². The lowest BCUT2D eigenvalue weighted by Crippen LogP contribution is -2.15. The molecule has 0 saturated carbocycles. The van der Waals surface area contributed by atoms with Crippen molar-refractivity contribution < 1.29 is 14.3 Å². The lowest BCUT2D eigenvalue weighted by molar-refractivity contribution is -0.117. The first-order chi connectivity index (χ1) is 12.6. The van der Waals surface area contributed by atoms with Crippen molar-refractivity contribution in [2.75, 3.05) is 32.1 Å². The summed E-state index contributed by atoms with van der Waals surface area (Å²) in [7, 11) is 1.67. The highest BCUT2D eigenvalue weighted by atomic mass is 16.5. The lowest BCUT2D eigenvalue weighted by atomic mass is 10.1. The lowest BCUT2D eigenvalue weighted by Gasteiger charge is -2.14. The van der Waals surface area contributed by atoms with Crippen molar-refractivity contribution in [1.29, 1.82) is 0 Å². The number of aryl methyl sites for hydroxylation is 1. The fourth-order valence-electron chi connectivity index (χ4n) is 2.66. The van der Waals surface area contributed by atoms with Crippen LogP contribution >= 0.6 is 0 Å². The number of amides is 1. The second kappa shape index (κ2) is 10.3. The number of rotatable bonds is 11. The van der Waals surface area contributed by atoms with E-state index in [4.69, 9.17) is 20.9 Å². The Morgan fingerprint density at radius 2 is 2.00 bits per heavy atom. The smallest absolute Gasteiger partial charge is 0.221 e. The fourth-order valence-corrected chi connectivity index (χ4v) is 2.66. The van der Waals surface area contributed by atoms with Crippen molar-refractivity contribution in [1.82, 2.24) is 0 Å². The van der Waals surface area contributed by atoms with E-state index in [2.05, 4.69) is 11.4 Å². The Hall–Kier alpha value is -2.73. The quantitative estimate of drug-likeness (QED) is 0.535. The van der Waals surface area contributed by atoms with Gasteiger partial charge in [-0.05, 0) is 48.2 Å². The van der Waals surface area contributed by atoms with Gasteiger partial charge < -0.3 is 26.3 Å². The van der Waals surface area contributed by atoms with Crippen LogP contribution in [0, 0.1) is 0 Å². The van der Waals surface area contributed by atoms with E-state index >= 15 is 0 Å². The maximum atomic E-state index is 11.2. The van der Waals surface area contributed by atoms with Gasteiger partial charge in [-0.1, -0.05) is 18.2 Å². The predicted octanol–water partition coefficient (Wildman–Crippen LogP) is 2.11. The molecule has 5 N–H and O–H groups in total. The minimum Gasteiger partial charge on any atom is -0.497 e. The number of carbonyl (C=O) groups excluding carboxylic acids is 1. The first-order valence-electron chi connectivity index (χ1n) is 8.73. The van der Waals surface area contributed by atoms with Gasteiger partial charge in [-0.25, -0.2) is 0 Å². The van der Waals surface area contributed by atoms with Gasteiger partial charge in [0.25, 0.3) is 0 Å². The SMILES string of the molecule is COc1cccc(CCCNc2cc(CC(N)=O)ccc2OCCN)c1. The highest BCUT2D eigenvalue weighted by molar-refractivity contribution is 5.77. The first kappa shape index (κ1) is 19.6. The molecule has 6 heteroatoms. The monoisotopic (exact) mass is 357 g/mol. The molecule has 0 atom stereocenters. The van der Waals surface area contributed by atoms with Crippen LogP contribution in [-0.4, -0.2) is 32.7 Å². The zero-order valence-corrected chi connectivity index (χ0v) is 15.2. The fraction of sp³-hybridized carbons (Fsp3) is 0.350. The van der Waals surface area contributed by atoms with Gasteiger partial charge in [0.1, 0.15) is 18.1 Å². The average molecular weight is 357 g/mol. The molecule has 0 unspecified atom stereocenters. The van der Waals surface area contributed by atoms with Crippen LogP contribution in [0.25, 0.3) is 0 Å². The Morgan fingerprint density at radius 3 is 2.73 bits per heavy atom. The van der Waals surface area contributed by atoms with Crippen molar-refractivity contribution in [3.8, 4) is 11.5 Å². The van der Waals surface area contributed by atoms with Crippen LogP contribution in [-0.2, 0) is 17.6 Å². The van der Waals surface area contributed by atoms with E-state index in [-0.39, 0.29) is 12.3 Å². The third-order valence-corrected chi connectivity index (χ3v) is 3.89. The number of nitrogens with two attached hydrogens (primary N) is 2. The average Bonchev–Trinajstić information content (AvgIpc) is 2.64. The summed E-state index contributed by atoms with van der Waals surface area (Å²) < 4.78 is 10.9. The molecule has 0 heterocycles. The van der Waals surface area contributed by atoms with Gasteiger partial charge in [0.15, 0.2) is 0 Å². The third kappa shape index (κ3) is 6.29. The second-order valence-electron chi connectivity index (χ2n) is 5.99. The molecule has 2 aromatic carbocycles.